The molecule has 2 amide bonds. The molecule has 0 bridgehead atoms. The highest BCUT2D eigenvalue weighted by Gasteiger charge is 2.28. The maximum Gasteiger partial charge on any atom is 0.257 e. The zero-order chi connectivity index (χ0) is 19.5. The molecule has 1 aromatic carbocycles. The van der Waals surface area contributed by atoms with Gasteiger partial charge in [0.1, 0.15) is 12.0 Å². The van der Waals surface area contributed by atoms with Crippen molar-refractivity contribution in [3.05, 3.63) is 42.4 Å². The Bertz CT molecular complexity index is 975. The van der Waals surface area contributed by atoms with E-state index < -0.39 is 0 Å². The monoisotopic (exact) mass is 399 g/mol. The highest BCUT2D eigenvalue weighted by molar-refractivity contribution is 7.22. The molecule has 0 aliphatic carbocycles. The predicted molar refractivity (Wildman–Crippen MR) is 107 cm³/mol. The van der Waals surface area contributed by atoms with E-state index in [1.165, 1.54) is 23.9 Å². The summed E-state index contributed by atoms with van der Waals surface area (Å²) in [5, 5.41) is 3.52. The second kappa shape index (κ2) is 8.02. The first-order valence-electron chi connectivity index (χ1n) is 9.29. The molecule has 4 rings (SSSR count). The molecule has 0 radical (unpaired) electrons. The van der Waals surface area contributed by atoms with Crippen LogP contribution in [-0.2, 0) is 4.79 Å². The molecule has 2 aromatic heterocycles. The molecule has 0 unspecified atom stereocenters. The van der Waals surface area contributed by atoms with Crippen molar-refractivity contribution in [2.24, 2.45) is 5.92 Å². The summed E-state index contributed by atoms with van der Waals surface area (Å²) in [6.45, 7) is 3.66. The predicted octanol–water partition coefficient (Wildman–Crippen LogP) is 3.78. The van der Waals surface area contributed by atoms with Crippen molar-refractivity contribution in [1.29, 1.82) is 0 Å². The van der Waals surface area contributed by atoms with Gasteiger partial charge in [-0.25, -0.2) is 4.98 Å². The standard InChI is InChI=1S/C20H21N3O4S/c1-2-27-15-3-4-16-17(11-15)28-20(21-16)22-18(24)13-5-8-23(9-6-13)19(25)14-7-10-26-12-14/h3-4,7,10-13H,2,5-6,8-9H2,1H3,(H,21,22,24). The summed E-state index contributed by atoms with van der Waals surface area (Å²) >= 11 is 1.44. The van der Waals surface area contributed by atoms with E-state index in [2.05, 4.69) is 10.3 Å². The van der Waals surface area contributed by atoms with Crippen LogP contribution >= 0.6 is 11.3 Å². The van der Waals surface area contributed by atoms with E-state index in [0.717, 1.165) is 16.0 Å². The molecule has 1 fully saturated rings. The van der Waals surface area contributed by atoms with E-state index in [1.807, 2.05) is 25.1 Å². The Balaban J connectivity index is 1.35. The Morgan fingerprint density at radius 3 is 2.86 bits per heavy atom. The summed E-state index contributed by atoms with van der Waals surface area (Å²) in [5.74, 6) is 0.578. The molecule has 3 heterocycles. The molecule has 0 spiro atoms. The first-order valence-corrected chi connectivity index (χ1v) is 10.1. The molecule has 1 saturated heterocycles. The highest BCUT2D eigenvalue weighted by atomic mass is 32.1. The number of hydrogen-bond acceptors (Lipinski definition) is 6. The Morgan fingerprint density at radius 1 is 1.32 bits per heavy atom. The lowest BCUT2D eigenvalue weighted by Crippen LogP contribution is -2.41. The Hall–Kier alpha value is -2.87. The van der Waals surface area contributed by atoms with Crippen molar-refractivity contribution in [2.75, 3.05) is 25.0 Å². The lowest BCUT2D eigenvalue weighted by atomic mass is 9.95. The topological polar surface area (TPSA) is 84.7 Å². The Morgan fingerprint density at radius 2 is 2.14 bits per heavy atom. The molecule has 0 atom stereocenters. The fraction of sp³-hybridized carbons (Fsp3) is 0.350. The first kappa shape index (κ1) is 18.5. The molecule has 7 nitrogen and oxygen atoms in total. The molecule has 28 heavy (non-hydrogen) atoms. The number of carbonyl (C=O) groups excluding carboxylic acids is 2. The van der Waals surface area contributed by atoms with E-state index in [4.69, 9.17) is 9.15 Å². The van der Waals surface area contributed by atoms with E-state index in [9.17, 15) is 9.59 Å². The van der Waals surface area contributed by atoms with Crippen LogP contribution in [0.4, 0.5) is 5.13 Å². The zero-order valence-electron chi connectivity index (χ0n) is 15.5. The number of benzene rings is 1. The minimum absolute atomic E-state index is 0.0421. The van der Waals surface area contributed by atoms with Crippen LogP contribution in [0.25, 0.3) is 10.2 Å². The average Bonchev–Trinajstić information content (AvgIpc) is 3.37. The van der Waals surface area contributed by atoms with Gasteiger partial charge in [0.2, 0.25) is 5.91 Å². The largest absolute Gasteiger partial charge is 0.494 e. The number of carbonyl (C=O) groups is 2. The number of nitrogens with one attached hydrogen (secondary N) is 1. The molecule has 1 N–H and O–H groups in total. The van der Waals surface area contributed by atoms with Gasteiger partial charge in [-0.3, -0.25) is 9.59 Å². The van der Waals surface area contributed by atoms with Gasteiger partial charge in [0.25, 0.3) is 5.91 Å². The third kappa shape index (κ3) is 3.87. The van der Waals surface area contributed by atoms with Crippen LogP contribution < -0.4 is 10.1 Å². The van der Waals surface area contributed by atoms with Crippen LogP contribution in [0.2, 0.25) is 0 Å². The molecule has 3 aromatic rings. The van der Waals surface area contributed by atoms with Crippen LogP contribution in [-0.4, -0.2) is 41.4 Å². The summed E-state index contributed by atoms with van der Waals surface area (Å²) in [6, 6.07) is 7.37. The number of hydrogen-bond donors (Lipinski definition) is 1. The number of furan rings is 1. The minimum atomic E-state index is -0.126. The number of amides is 2. The van der Waals surface area contributed by atoms with E-state index in [0.29, 0.717) is 43.2 Å². The van der Waals surface area contributed by atoms with Gasteiger partial charge in [-0.15, -0.1) is 0 Å². The molecule has 1 aliphatic heterocycles. The average molecular weight is 399 g/mol. The van der Waals surface area contributed by atoms with Gasteiger partial charge in [0.15, 0.2) is 5.13 Å². The number of anilines is 1. The maximum absolute atomic E-state index is 12.6. The second-order valence-corrected chi connectivity index (χ2v) is 7.68. The summed E-state index contributed by atoms with van der Waals surface area (Å²) < 4.78 is 11.5. The molecule has 146 valence electrons. The van der Waals surface area contributed by atoms with Crippen molar-refractivity contribution < 1.29 is 18.7 Å². The van der Waals surface area contributed by atoms with Crippen molar-refractivity contribution in [3.8, 4) is 5.75 Å². The maximum atomic E-state index is 12.6. The number of ether oxygens (including phenoxy) is 1. The fourth-order valence-corrected chi connectivity index (χ4v) is 4.23. The lowest BCUT2D eigenvalue weighted by Gasteiger charge is -2.30. The fourth-order valence-electron chi connectivity index (χ4n) is 3.34. The second-order valence-electron chi connectivity index (χ2n) is 6.65. The van der Waals surface area contributed by atoms with Gasteiger partial charge < -0.3 is 19.4 Å². The number of piperidine rings is 1. The van der Waals surface area contributed by atoms with Gasteiger partial charge in [0, 0.05) is 19.0 Å². The SMILES string of the molecule is CCOc1ccc2nc(NC(=O)C3CCN(C(=O)c4ccoc4)CC3)sc2c1. The van der Waals surface area contributed by atoms with E-state index >= 15 is 0 Å². The lowest BCUT2D eigenvalue weighted by molar-refractivity contribution is -0.121. The van der Waals surface area contributed by atoms with E-state index in [1.54, 1.807) is 11.0 Å². The quantitative estimate of drug-likeness (QED) is 0.706. The summed E-state index contributed by atoms with van der Waals surface area (Å²) in [5.41, 5.74) is 1.38. The molecule has 8 heteroatoms. The molecule has 1 aliphatic rings. The number of likely N-dealkylation sites (tertiary alicyclic amines) is 1. The van der Waals surface area contributed by atoms with Gasteiger partial charge in [0.05, 0.1) is 28.7 Å². The molecular formula is C20H21N3O4S. The van der Waals surface area contributed by atoms with Crippen molar-refractivity contribution >= 4 is 38.5 Å². The van der Waals surface area contributed by atoms with E-state index in [-0.39, 0.29) is 17.7 Å². The molecular weight excluding hydrogens is 378 g/mol. The number of fused-ring (bicyclic) bond motifs is 1. The summed E-state index contributed by atoms with van der Waals surface area (Å²) in [4.78, 5) is 31.2. The van der Waals surface area contributed by atoms with Crippen molar-refractivity contribution in [2.45, 2.75) is 19.8 Å². The van der Waals surface area contributed by atoms with Gasteiger partial charge in [-0.2, -0.15) is 0 Å². The zero-order valence-corrected chi connectivity index (χ0v) is 16.3. The minimum Gasteiger partial charge on any atom is -0.494 e. The number of nitrogens with zero attached hydrogens (tertiary/aromatic N) is 2. The van der Waals surface area contributed by atoms with Gasteiger partial charge >= 0.3 is 0 Å². The third-order valence-corrected chi connectivity index (χ3v) is 5.76. The number of thiazole rings is 1. The van der Waals surface area contributed by atoms with Crippen LogP contribution in [0.15, 0.2) is 41.2 Å². The van der Waals surface area contributed by atoms with Gasteiger partial charge in [-0.1, -0.05) is 11.3 Å². The van der Waals surface area contributed by atoms with Crippen LogP contribution in [0.5, 0.6) is 5.75 Å². The van der Waals surface area contributed by atoms with Crippen LogP contribution in [0.3, 0.4) is 0 Å². The first-order chi connectivity index (χ1) is 13.6. The normalized spacial score (nSPS) is 15.0. The Labute approximate surface area is 166 Å². The number of aromatic nitrogens is 1. The van der Waals surface area contributed by atoms with Crippen molar-refractivity contribution in [1.82, 2.24) is 9.88 Å². The smallest absolute Gasteiger partial charge is 0.257 e. The Kier molecular flexibility index (Phi) is 5.29. The number of rotatable bonds is 5. The van der Waals surface area contributed by atoms with Crippen LogP contribution in [0.1, 0.15) is 30.1 Å². The summed E-state index contributed by atoms with van der Waals surface area (Å²) in [7, 11) is 0. The summed E-state index contributed by atoms with van der Waals surface area (Å²) in [6.07, 6.45) is 4.21. The molecule has 0 saturated carbocycles. The van der Waals surface area contributed by atoms with Crippen LogP contribution in [0, 0.1) is 5.92 Å². The highest BCUT2D eigenvalue weighted by Crippen LogP contribution is 2.30. The van der Waals surface area contributed by atoms with Crippen molar-refractivity contribution in [3.63, 3.8) is 0 Å². The van der Waals surface area contributed by atoms with Gasteiger partial charge in [-0.05, 0) is 44.0 Å². The third-order valence-electron chi connectivity index (χ3n) is 4.82.